The van der Waals surface area contributed by atoms with E-state index in [9.17, 15) is 4.79 Å². The summed E-state index contributed by atoms with van der Waals surface area (Å²) >= 11 is 0. The molecular formula is C16H18N6O3. The van der Waals surface area contributed by atoms with Crippen molar-refractivity contribution in [1.29, 1.82) is 0 Å². The molecule has 0 aliphatic carbocycles. The molecular weight excluding hydrogens is 324 g/mol. The Kier molecular flexibility index (Phi) is 4.93. The molecule has 0 bridgehead atoms. The molecule has 0 unspecified atom stereocenters. The van der Waals surface area contributed by atoms with Gasteiger partial charge in [-0.15, -0.1) is 5.10 Å². The van der Waals surface area contributed by atoms with E-state index in [0.717, 1.165) is 5.69 Å². The molecule has 130 valence electrons. The molecule has 25 heavy (non-hydrogen) atoms. The van der Waals surface area contributed by atoms with E-state index in [1.165, 1.54) is 12.3 Å². The zero-order valence-corrected chi connectivity index (χ0v) is 13.9. The van der Waals surface area contributed by atoms with Crippen LogP contribution in [0.25, 0.3) is 11.5 Å². The Balaban J connectivity index is 1.47. The van der Waals surface area contributed by atoms with Gasteiger partial charge in [0.2, 0.25) is 5.76 Å². The highest BCUT2D eigenvalue weighted by atomic mass is 16.5. The van der Waals surface area contributed by atoms with Crippen molar-refractivity contribution in [2.24, 2.45) is 0 Å². The summed E-state index contributed by atoms with van der Waals surface area (Å²) in [6, 6.07) is 6.88. The highest BCUT2D eigenvalue weighted by molar-refractivity contribution is 5.92. The number of rotatable bonds is 7. The minimum absolute atomic E-state index is 0.195. The summed E-state index contributed by atoms with van der Waals surface area (Å²) in [4.78, 5) is 14.0. The summed E-state index contributed by atoms with van der Waals surface area (Å²) in [5.41, 5.74) is 1.13. The number of nitrogens with zero attached hydrogens (tertiary/aromatic N) is 4. The Morgan fingerprint density at radius 2 is 2.12 bits per heavy atom. The van der Waals surface area contributed by atoms with Crippen LogP contribution in [0.1, 0.15) is 10.5 Å². The topological polar surface area (TPSA) is 109 Å². The first kappa shape index (κ1) is 16.5. The van der Waals surface area contributed by atoms with Crippen LogP contribution in [-0.4, -0.2) is 48.4 Å². The van der Waals surface area contributed by atoms with E-state index in [-0.39, 0.29) is 11.6 Å². The normalized spacial score (nSPS) is 10.5. The lowest BCUT2D eigenvalue weighted by Crippen LogP contribution is -2.29. The molecule has 2 N–H and O–H groups in total. The van der Waals surface area contributed by atoms with Crippen molar-refractivity contribution in [3.05, 3.63) is 42.4 Å². The molecule has 3 aromatic heterocycles. The fourth-order valence-corrected chi connectivity index (χ4v) is 2.06. The summed E-state index contributed by atoms with van der Waals surface area (Å²) in [6.07, 6.45) is 3.20. The number of hydrogen-bond acceptors (Lipinski definition) is 8. The van der Waals surface area contributed by atoms with Gasteiger partial charge in [-0.2, -0.15) is 5.10 Å². The first-order valence-corrected chi connectivity index (χ1v) is 7.66. The van der Waals surface area contributed by atoms with Gasteiger partial charge in [-0.3, -0.25) is 4.79 Å². The maximum atomic E-state index is 12.1. The van der Waals surface area contributed by atoms with Crippen LogP contribution in [0.3, 0.4) is 0 Å². The number of nitrogens with one attached hydrogen (secondary N) is 2. The SMILES string of the molecule is CN(C)c1cnnc(NCCNC(=O)c2cc(-c3ccco3)on2)c1. The molecule has 1 amide bonds. The van der Waals surface area contributed by atoms with Crippen molar-refractivity contribution in [2.75, 3.05) is 37.4 Å². The first-order valence-electron chi connectivity index (χ1n) is 7.66. The first-order chi connectivity index (χ1) is 12.1. The van der Waals surface area contributed by atoms with E-state index in [0.29, 0.717) is 30.4 Å². The highest BCUT2D eigenvalue weighted by Crippen LogP contribution is 2.20. The van der Waals surface area contributed by atoms with Crippen LogP contribution in [0, 0.1) is 0 Å². The lowest BCUT2D eigenvalue weighted by atomic mass is 10.3. The molecule has 3 heterocycles. The van der Waals surface area contributed by atoms with Crippen molar-refractivity contribution in [3.63, 3.8) is 0 Å². The van der Waals surface area contributed by atoms with Crippen LogP contribution in [0.5, 0.6) is 0 Å². The number of amides is 1. The molecule has 0 aliphatic heterocycles. The van der Waals surface area contributed by atoms with Gasteiger partial charge in [0.05, 0.1) is 18.1 Å². The Morgan fingerprint density at radius 1 is 1.24 bits per heavy atom. The number of carbonyl (C=O) groups excluding carboxylic acids is 1. The molecule has 3 aromatic rings. The molecule has 3 rings (SSSR count). The van der Waals surface area contributed by atoms with Crippen LogP contribution < -0.4 is 15.5 Å². The summed E-state index contributed by atoms with van der Waals surface area (Å²) in [5, 5.41) is 17.5. The van der Waals surface area contributed by atoms with Crippen LogP contribution in [0.15, 0.2) is 45.7 Å². The zero-order chi connectivity index (χ0) is 17.6. The Hall–Kier alpha value is -3.36. The average molecular weight is 342 g/mol. The highest BCUT2D eigenvalue weighted by Gasteiger charge is 2.14. The van der Waals surface area contributed by atoms with E-state index in [1.807, 2.05) is 25.1 Å². The smallest absolute Gasteiger partial charge is 0.273 e. The van der Waals surface area contributed by atoms with Gasteiger partial charge in [-0.05, 0) is 12.1 Å². The molecule has 9 heteroatoms. The monoisotopic (exact) mass is 342 g/mol. The molecule has 0 aromatic carbocycles. The Morgan fingerprint density at radius 3 is 2.88 bits per heavy atom. The van der Waals surface area contributed by atoms with Gasteiger partial charge in [-0.1, -0.05) is 5.16 Å². The van der Waals surface area contributed by atoms with Gasteiger partial charge < -0.3 is 24.5 Å². The largest absolute Gasteiger partial charge is 0.461 e. The number of hydrogen-bond donors (Lipinski definition) is 2. The second-order valence-corrected chi connectivity index (χ2v) is 5.43. The van der Waals surface area contributed by atoms with Gasteiger partial charge >= 0.3 is 0 Å². The predicted octanol–water partition coefficient (Wildman–Crippen LogP) is 1.63. The van der Waals surface area contributed by atoms with E-state index in [2.05, 4.69) is 26.0 Å². The Bertz CT molecular complexity index is 828. The summed E-state index contributed by atoms with van der Waals surface area (Å²) in [6.45, 7) is 0.899. The summed E-state index contributed by atoms with van der Waals surface area (Å²) in [5.74, 6) is 1.25. The van der Waals surface area contributed by atoms with E-state index in [1.54, 1.807) is 18.3 Å². The molecule has 0 radical (unpaired) electrons. The second-order valence-electron chi connectivity index (χ2n) is 5.43. The van der Waals surface area contributed by atoms with Gasteiger partial charge in [0.1, 0.15) is 0 Å². The van der Waals surface area contributed by atoms with Crippen molar-refractivity contribution in [2.45, 2.75) is 0 Å². The van der Waals surface area contributed by atoms with E-state index >= 15 is 0 Å². The number of anilines is 2. The minimum atomic E-state index is -0.323. The van der Waals surface area contributed by atoms with Crippen LogP contribution in [0.4, 0.5) is 11.5 Å². The lowest BCUT2D eigenvalue weighted by Gasteiger charge is -2.12. The second kappa shape index (κ2) is 7.47. The summed E-state index contributed by atoms with van der Waals surface area (Å²) < 4.78 is 10.3. The van der Waals surface area contributed by atoms with Gasteiger partial charge in [-0.25, -0.2) is 0 Å². The van der Waals surface area contributed by atoms with Gasteiger partial charge in [0.25, 0.3) is 5.91 Å². The maximum absolute atomic E-state index is 12.1. The number of carbonyl (C=O) groups is 1. The molecule has 0 saturated carbocycles. The fourth-order valence-electron chi connectivity index (χ4n) is 2.06. The maximum Gasteiger partial charge on any atom is 0.273 e. The van der Waals surface area contributed by atoms with E-state index < -0.39 is 0 Å². The molecule has 0 fully saturated rings. The third-order valence-electron chi connectivity index (χ3n) is 3.38. The Labute approximate surface area is 144 Å². The minimum Gasteiger partial charge on any atom is -0.461 e. The van der Waals surface area contributed by atoms with Crippen LogP contribution >= 0.6 is 0 Å². The van der Waals surface area contributed by atoms with Gasteiger partial charge in [0, 0.05) is 39.3 Å². The third kappa shape index (κ3) is 4.14. The molecule has 0 saturated heterocycles. The molecule has 0 aliphatic rings. The summed E-state index contributed by atoms with van der Waals surface area (Å²) in [7, 11) is 3.85. The number of aromatic nitrogens is 3. The van der Waals surface area contributed by atoms with Crippen molar-refractivity contribution in [3.8, 4) is 11.5 Å². The van der Waals surface area contributed by atoms with Crippen molar-refractivity contribution in [1.82, 2.24) is 20.7 Å². The van der Waals surface area contributed by atoms with Crippen molar-refractivity contribution >= 4 is 17.4 Å². The number of furan rings is 1. The van der Waals surface area contributed by atoms with Crippen LogP contribution in [-0.2, 0) is 0 Å². The molecule has 0 spiro atoms. The molecule has 9 nitrogen and oxygen atoms in total. The lowest BCUT2D eigenvalue weighted by molar-refractivity contribution is 0.0946. The van der Waals surface area contributed by atoms with Gasteiger partial charge in [0.15, 0.2) is 17.3 Å². The fraction of sp³-hybridized carbons (Fsp3) is 0.250. The molecule has 0 atom stereocenters. The third-order valence-corrected chi connectivity index (χ3v) is 3.38. The average Bonchev–Trinajstić information content (AvgIpc) is 3.29. The van der Waals surface area contributed by atoms with Crippen molar-refractivity contribution < 1.29 is 13.7 Å². The van der Waals surface area contributed by atoms with E-state index in [4.69, 9.17) is 8.94 Å². The van der Waals surface area contributed by atoms with Crippen LogP contribution in [0.2, 0.25) is 0 Å². The zero-order valence-electron chi connectivity index (χ0n) is 13.9. The quantitative estimate of drug-likeness (QED) is 0.624. The predicted molar refractivity (Wildman–Crippen MR) is 91.4 cm³/mol. The standard InChI is InChI=1S/C16H18N6O3/c1-22(2)11-8-15(20-19-10-11)17-5-6-18-16(23)12-9-14(25-21-12)13-4-3-7-24-13/h3-4,7-10H,5-6H2,1-2H3,(H,17,20)(H,18,23).